The number of Topliss-reactive ketones (excluding diaryl/α,β-unsaturated/α-hetero) is 1. The number of hydrogen-bond acceptors (Lipinski definition) is 23. The van der Waals surface area contributed by atoms with E-state index in [0.29, 0.717) is 86.2 Å². The van der Waals surface area contributed by atoms with E-state index in [1.807, 2.05) is 137 Å². The number of likely N-dealkylation sites (tertiary alicyclic amines) is 1. The summed E-state index contributed by atoms with van der Waals surface area (Å²) in [6.45, 7) is 29.8. The minimum atomic E-state index is -1.07. The summed E-state index contributed by atoms with van der Waals surface area (Å²) in [6, 6.07) is 25.1. The molecule has 1 aromatic heterocycles. The number of aliphatic hydroxyl groups is 1. The fourth-order valence-electron chi connectivity index (χ4n) is 17.5. The van der Waals surface area contributed by atoms with Gasteiger partial charge in [0.05, 0.1) is 129 Å². The normalized spacial score (nSPS) is 15.3. The third-order valence-electron chi connectivity index (χ3n) is 25.9. The number of aromatic nitrogens is 3. The lowest BCUT2D eigenvalue weighted by atomic mass is 9.84. The van der Waals surface area contributed by atoms with Crippen LogP contribution in [0.3, 0.4) is 0 Å². The number of likely N-dealkylation sites (N-methyl/N-ethyl adjacent to an activating group) is 2. The minimum absolute atomic E-state index is 0.0388. The number of primary amides is 1. The highest BCUT2D eigenvalue weighted by atomic mass is 16.6. The van der Waals surface area contributed by atoms with Crippen molar-refractivity contribution >= 4 is 76.8 Å². The minimum Gasteiger partial charge on any atom is -0.445 e. The zero-order valence-corrected chi connectivity index (χ0v) is 84.8. The maximum Gasteiger partial charge on any atom is 0.410 e. The van der Waals surface area contributed by atoms with Crippen LogP contribution in [-0.4, -0.2) is 293 Å². The number of amides is 12. The Morgan fingerprint density at radius 2 is 1.15 bits per heavy atom. The molecule has 770 valence electrons. The third-order valence-corrected chi connectivity index (χ3v) is 25.9. The van der Waals surface area contributed by atoms with Crippen LogP contribution < -0.4 is 42.5 Å². The van der Waals surface area contributed by atoms with Crippen molar-refractivity contribution in [2.24, 2.45) is 47.2 Å². The molecule has 7 rings (SSSR count). The monoisotopic (exact) mass is 1940 g/mol. The number of ether oxygens (including phenoxy) is 8. The average Bonchev–Trinajstić information content (AvgIpc) is 1.65. The number of carbonyl (C=O) groups excluding carboxylic acids is 12. The van der Waals surface area contributed by atoms with Gasteiger partial charge in [0, 0.05) is 122 Å². The van der Waals surface area contributed by atoms with Gasteiger partial charge in [-0.05, 0) is 103 Å². The summed E-state index contributed by atoms with van der Waals surface area (Å²) in [4.78, 5) is 174. The number of carbonyl (C=O) groups is 12. The second kappa shape index (κ2) is 61.0. The summed E-state index contributed by atoms with van der Waals surface area (Å²) in [5.41, 5.74) is 11.6. The van der Waals surface area contributed by atoms with E-state index in [9.17, 15) is 62.6 Å². The zero-order valence-electron chi connectivity index (χ0n) is 84.8. The van der Waals surface area contributed by atoms with Crippen molar-refractivity contribution in [1.29, 1.82) is 0 Å². The lowest BCUT2D eigenvalue weighted by molar-refractivity contribution is -0.143. The van der Waals surface area contributed by atoms with Crippen LogP contribution in [0.1, 0.15) is 195 Å². The first-order chi connectivity index (χ1) is 66.6. The first-order valence-electron chi connectivity index (χ1n) is 49.6. The lowest BCUT2D eigenvalue weighted by Crippen LogP contribution is -2.59. The molecular weight excluding hydrogens is 1780 g/mol. The maximum absolute atomic E-state index is 14.9. The van der Waals surface area contributed by atoms with Gasteiger partial charge in [-0.25, -0.2) is 14.3 Å². The van der Waals surface area contributed by atoms with Crippen LogP contribution in [0.5, 0.6) is 0 Å². The van der Waals surface area contributed by atoms with E-state index < -0.39 is 90.0 Å². The Hall–Kier alpha value is -10.9. The quantitative estimate of drug-likeness (QED) is 0.0168. The Morgan fingerprint density at radius 3 is 1.76 bits per heavy atom. The Balaban J connectivity index is 0.873. The van der Waals surface area contributed by atoms with E-state index in [2.05, 4.69) is 49.1 Å². The van der Waals surface area contributed by atoms with Gasteiger partial charge in [-0.1, -0.05) is 198 Å². The van der Waals surface area contributed by atoms with Crippen molar-refractivity contribution in [1.82, 2.24) is 66.5 Å². The highest BCUT2D eigenvalue weighted by Gasteiger charge is 2.43. The molecule has 0 spiro atoms. The average molecular weight is 1940 g/mol. The van der Waals surface area contributed by atoms with Crippen LogP contribution in [0.2, 0.25) is 0 Å². The summed E-state index contributed by atoms with van der Waals surface area (Å²) in [5.74, 6) is -5.65. The van der Waals surface area contributed by atoms with Gasteiger partial charge in [-0.2, -0.15) is 0 Å². The Bertz CT molecular complexity index is 4660. The highest BCUT2D eigenvalue weighted by molar-refractivity contribution is 6.01. The molecule has 0 bridgehead atoms. The number of nitrogens with zero attached hydrogens (tertiary/aromatic N) is 8. The number of urea groups is 1. The van der Waals surface area contributed by atoms with Gasteiger partial charge >= 0.3 is 12.1 Å². The molecule has 2 aliphatic rings. The number of unbranched alkanes of at least 4 members (excludes halogenated alkanes) is 1. The van der Waals surface area contributed by atoms with Gasteiger partial charge in [-0.15, -0.1) is 5.10 Å². The number of hydrogen-bond donors (Lipinski definition) is 8. The summed E-state index contributed by atoms with van der Waals surface area (Å²) < 4.78 is 48.0. The molecule has 3 heterocycles. The molecule has 139 heavy (non-hydrogen) atoms. The predicted molar refractivity (Wildman–Crippen MR) is 528 cm³/mol. The molecule has 36 heteroatoms. The standard InChI is InChI=1S/C103H157N15O21/c1-17-19-50-132-56-62-138-63-61-137-55-49-118-96-80-32-24-23-31-79(80)66-117(84-35-26-25-33-81(84)93(96)111-112-118)89(123)42-41-88(122)115(47-53-135-59-57-133-51-43-86(120)105-14)48-54-136-60-58-134-52-44-87(121)109-91(68(3)4)99(127)108-82(34-27-45-106-102(104)130)85(119)65-76-37-39-77(40-38-76)67-139-103(131)114(16)94(70(7)8)100(128)110-92(69(5)6)101(129)113(15)95(71(9)18-2)72(10)64-90(124)116-46-28-36-83(116)73(11)74(12)98(126)107-75(13)97(125)78-29-21-20-22-30-78/h20-26,29-33,35,37-40,68-75,82-83,91-92,94-95,97,125H,17-19,27-28,34,36,41-67H2,1-16H3,(H,105,120)(H,107,126)(H,108,127)(H,109,121)(H,110,128)(H3,104,106,130)/t71-,72+,73+,74+,75+,82-,83-,91-,92+,94-,95?,97+/m1/s1. The Morgan fingerprint density at radius 1 is 0.568 bits per heavy atom. The van der Waals surface area contributed by atoms with Crippen LogP contribution in [0.25, 0.3) is 22.5 Å². The lowest BCUT2D eigenvalue weighted by Gasteiger charge is -2.40. The van der Waals surface area contributed by atoms with Gasteiger partial charge in [0.25, 0.3) is 0 Å². The molecule has 1 fully saturated rings. The molecule has 1 saturated heterocycles. The topological polar surface area (TPSA) is 444 Å². The highest BCUT2D eigenvalue weighted by Crippen LogP contribution is 2.42. The van der Waals surface area contributed by atoms with Crippen LogP contribution in [-0.2, 0) is 112 Å². The van der Waals surface area contributed by atoms with Crippen molar-refractivity contribution in [3.05, 3.63) is 125 Å². The maximum atomic E-state index is 14.9. The van der Waals surface area contributed by atoms with Crippen LogP contribution in [0.15, 0.2) is 103 Å². The number of nitrogens with one attached hydrogen (secondary N) is 6. The number of fused-ring (bicyclic) bond motifs is 5. The van der Waals surface area contributed by atoms with Crippen molar-refractivity contribution in [3.8, 4) is 22.5 Å². The summed E-state index contributed by atoms with van der Waals surface area (Å²) in [6.07, 6.45) is 2.78. The molecule has 0 saturated carbocycles. The number of anilines is 1. The second-order valence-corrected chi connectivity index (χ2v) is 37.3. The second-order valence-electron chi connectivity index (χ2n) is 37.3. The summed E-state index contributed by atoms with van der Waals surface area (Å²) in [5, 5.41) is 37.0. The largest absolute Gasteiger partial charge is 0.445 e. The van der Waals surface area contributed by atoms with Crippen molar-refractivity contribution in [2.45, 2.75) is 242 Å². The first kappa shape index (κ1) is 115. The van der Waals surface area contributed by atoms with Gasteiger partial charge in [-0.3, -0.25) is 52.8 Å². The molecule has 1 unspecified atom stereocenters. The molecular formula is C103H157N15O21. The van der Waals surface area contributed by atoms with Crippen LogP contribution in [0, 0.1) is 41.4 Å². The van der Waals surface area contributed by atoms with Gasteiger partial charge in [0.1, 0.15) is 30.4 Å². The molecule has 0 radical (unpaired) electrons. The van der Waals surface area contributed by atoms with E-state index in [0.717, 1.165) is 49.1 Å². The summed E-state index contributed by atoms with van der Waals surface area (Å²) >= 11 is 0. The molecule has 12 atom stereocenters. The number of nitrogens with two attached hydrogens (primary N) is 1. The number of para-hydroxylation sites is 1. The fourth-order valence-corrected chi connectivity index (χ4v) is 17.5. The molecule has 4 aromatic carbocycles. The first-order valence-corrected chi connectivity index (χ1v) is 49.6. The third kappa shape index (κ3) is 36.9. The van der Waals surface area contributed by atoms with E-state index in [1.165, 1.54) is 11.9 Å². The van der Waals surface area contributed by atoms with Crippen LogP contribution >= 0.6 is 0 Å². The molecule has 9 N–H and O–H groups in total. The predicted octanol–water partition coefficient (Wildman–Crippen LogP) is 9.53. The van der Waals surface area contributed by atoms with Gasteiger partial charge < -0.3 is 100 Å². The number of benzene rings is 4. The smallest absolute Gasteiger partial charge is 0.410 e. The van der Waals surface area contributed by atoms with E-state index in [1.54, 1.807) is 87.7 Å². The van der Waals surface area contributed by atoms with Gasteiger partial charge in [0.2, 0.25) is 53.2 Å². The van der Waals surface area contributed by atoms with E-state index in [-0.39, 0.29) is 208 Å². The zero-order chi connectivity index (χ0) is 102. The fraction of sp³-hybridized carbons (Fsp3) is 0.631. The number of ketones is 1. The van der Waals surface area contributed by atoms with Crippen LogP contribution in [0.4, 0.5) is 15.3 Å². The molecule has 12 amide bonds. The molecule has 5 aromatic rings. The Labute approximate surface area is 821 Å². The van der Waals surface area contributed by atoms with E-state index >= 15 is 0 Å². The SMILES string of the molecule is CCCCOCCOCCOCCn1nnc2c1-c1ccccc1CN(C(=O)CCC(=O)N(CCOCCOCCC(=O)NC)CCOCCOCCC(=O)N[C@@H](C(=O)N[C@H](CCCNC(N)=O)C(=O)Cc1ccc(COC(=O)N(C)[C@@H](C(=O)N[C@H](C(=O)N(C)C([C@H](C)CC)[C@@H](C)CC(=O)N3CCC[C@@H]3[C@@H](C)[C@H](C)C(=O)N[C@@H](C)[C@H](O)c3ccccc3)C(C)C)C(C)C)cc1)C(C)C)c1ccccc1-2. The molecule has 36 nitrogen and oxygen atoms in total. The molecule has 2 aliphatic heterocycles. The number of aliphatic hydroxyl groups excluding tert-OH is 1. The molecule has 0 aliphatic carbocycles. The summed E-state index contributed by atoms with van der Waals surface area (Å²) in [7, 11) is 4.72. The van der Waals surface area contributed by atoms with Crippen molar-refractivity contribution < 1.29 is 101 Å². The number of rotatable bonds is 64. The Kier molecular flexibility index (Phi) is 50.5. The van der Waals surface area contributed by atoms with Crippen molar-refractivity contribution in [3.63, 3.8) is 0 Å². The van der Waals surface area contributed by atoms with Crippen molar-refractivity contribution in [2.75, 3.05) is 145 Å². The van der Waals surface area contributed by atoms with Gasteiger partial charge in [0.15, 0.2) is 5.78 Å². The van der Waals surface area contributed by atoms with E-state index in [4.69, 9.17) is 43.6 Å².